The van der Waals surface area contributed by atoms with E-state index in [1.807, 2.05) is 0 Å². The molecule has 0 heterocycles. The lowest BCUT2D eigenvalue weighted by Gasteiger charge is -2.16. The normalized spacial score (nSPS) is 30.9. The second-order valence-electron chi connectivity index (χ2n) is 2.86. The van der Waals surface area contributed by atoms with Crippen LogP contribution in [0.2, 0.25) is 0 Å². The van der Waals surface area contributed by atoms with Crippen LogP contribution >= 0.6 is 0 Å². The Hall–Kier alpha value is -0.180. The molecule has 10 heavy (non-hydrogen) atoms. The van der Waals surface area contributed by atoms with Crippen molar-refractivity contribution < 1.29 is 13.9 Å². The van der Waals surface area contributed by atoms with Gasteiger partial charge in [0, 0.05) is 18.9 Å². The van der Waals surface area contributed by atoms with E-state index in [9.17, 15) is 8.78 Å². The summed E-state index contributed by atoms with van der Waals surface area (Å²) in [6.45, 7) is -0.111. The Morgan fingerprint density at radius 2 is 2.20 bits per heavy atom. The minimum Gasteiger partial charge on any atom is -0.396 e. The summed E-state index contributed by atoms with van der Waals surface area (Å²) in [4.78, 5) is 0. The summed E-state index contributed by atoms with van der Waals surface area (Å²) >= 11 is 0. The highest BCUT2D eigenvalue weighted by Crippen LogP contribution is 2.41. The molecular weight excluding hydrogens is 138 g/mol. The van der Waals surface area contributed by atoms with E-state index in [1.165, 1.54) is 0 Å². The SMILES string of the molecule is OCC[C@H]1CCCC1(F)F. The monoisotopic (exact) mass is 150 g/mol. The van der Waals surface area contributed by atoms with Crippen molar-refractivity contribution >= 4 is 0 Å². The van der Waals surface area contributed by atoms with E-state index >= 15 is 0 Å². The smallest absolute Gasteiger partial charge is 0.251 e. The lowest BCUT2D eigenvalue weighted by molar-refractivity contribution is -0.0437. The van der Waals surface area contributed by atoms with Gasteiger partial charge in [0.2, 0.25) is 0 Å². The molecule has 0 bridgehead atoms. The highest BCUT2D eigenvalue weighted by molar-refractivity contribution is 4.83. The van der Waals surface area contributed by atoms with E-state index in [2.05, 4.69) is 0 Å². The molecule has 1 atom stereocenters. The van der Waals surface area contributed by atoms with Crippen molar-refractivity contribution in [3.05, 3.63) is 0 Å². The molecule has 0 aromatic carbocycles. The van der Waals surface area contributed by atoms with Crippen LogP contribution in [0.4, 0.5) is 8.78 Å². The Morgan fingerprint density at radius 1 is 1.50 bits per heavy atom. The first-order valence-corrected chi connectivity index (χ1v) is 3.65. The Balaban J connectivity index is 2.43. The number of alkyl halides is 2. The number of halogens is 2. The zero-order chi connectivity index (χ0) is 7.61. The topological polar surface area (TPSA) is 20.2 Å². The standard InChI is InChI=1S/C7H12F2O/c8-7(9)4-1-2-6(7)3-5-10/h6,10H,1-5H2/t6-/m1/s1. The van der Waals surface area contributed by atoms with E-state index in [0.29, 0.717) is 12.8 Å². The van der Waals surface area contributed by atoms with Gasteiger partial charge in [0.1, 0.15) is 0 Å². The van der Waals surface area contributed by atoms with Gasteiger partial charge in [-0.1, -0.05) is 0 Å². The molecule has 0 aromatic heterocycles. The van der Waals surface area contributed by atoms with Gasteiger partial charge >= 0.3 is 0 Å². The van der Waals surface area contributed by atoms with Crippen LogP contribution in [0.15, 0.2) is 0 Å². The van der Waals surface area contributed by atoms with Gasteiger partial charge in [-0.15, -0.1) is 0 Å². The molecule has 0 unspecified atom stereocenters. The molecule has 3 heteroatoms. The van der Waals surface area contributed by atoms with Crippen molar-refractivity contribution in [1.29, 1.82) is 0 Å². The summed E-state index contributed by atoms with van der Waals surface area (Å²) in [5.74, 6) is -3.06. The summed E-state index contributed by atoms with van der Waals surface area (Å²) in [7, 11) is 0. The van der Waals surface area contributed by atoms with Gasteiger partial charge in [0.25, 0.3) is 5.92 Å². The van der Waals surface area contributed by atoms with Crippen LogP contribution in [0.1, 0.15) is 25.7 Å². The maximum Gasteiger partial charge on any atom is 0.251 e. The molecule has 1 N–H and O–H groups in total. The average Bonchev–Trinajstić information content (AvgIpc) is 2.13. The summed E-state index contributed by atoms with van der Waals surface area (Å²) in [5.41, 5.74) is 0. The average molecular weight is 150 g/mol. The maximum atomic E-state index is 12.7. The van der Waals surface area contributed by atoms with E-state index in [1.54, 1.807) is 0 Å². The molecule has 0 radical (unpaired) electrons. The Labute approximate surface area is 59.0 Å². The van der Waals surface area contributed by atoms with E-state index in [4.69, 9.17) is 5.11 Å². The van der Waals surface area contributed by atoms with Crippen LogP contribution in [0.25, 0.3) is 0 Å². The van der Waals surface area contributed by atoms with Gasteiger partial charge in [-0.3, -0.25) is 0 Å². The van der Waals surface area contributed by atoms with Gasteiger partial charge in [-0.05, 0) is 19.3 Å². The lowest BCUT2D eigenvalue weighted by Crippen LogP contribution is -2.22. The van der Waals surface area contributed by atoms with Crippen molar-refractivity contribution in [3.8, 4) is 0 Å². The molecule has 0 aromatic rings. The number of aliphatic hydroxyl groups is 1. The molecule has 0 spiro atoms. The maximum absolute atomic E-state index is 12.7. The van der Waals surface area contributed by atoms with Crippen LogP contribution < -0.4 is 0 Å². The van der Waals surface area contributed by atoms with Crippen LogP contribution in [-0.2, 0) is 0 Å². The first kappa shape index (κ1) is 7.92. The Morgan fingerprint density at radius 3 is 2.60 bits per heavy atom. The molecular formula is C7H12F2O. The third-order valence-electron chi connectivity index (χ3n) is 2.14. The molecule has 0 amide bonds. The van der Waals surface area contributed by atoms with Gasteiger partial charge in [0.15, 0.2) is 0 Å². The van der Waals surface area contributed by atoms with Crippen molar-refractivity contribution in [2.75, 3.05) is 6.61 Å². The van der Waals surface area contributed by atoms with Crippen LogP contribution in [0, 0.1) is 5.92 Å². The van der Waals surface area contributed by atoms with Crippen molar-refractivity contribution in [1.82, 2.24) is 0 Å². The predicted molar refractivity (Wildman–Crippen MR) is 34.0 cm³/mol. The molecule has 1 aliphatic rings. The fraction of sp³-hybridized carbons (Fsp3) is 1.00. The molecule has 0 saturated heterocycles. The van der Waals surface area contributed by atoms with Gasteiger partial charge < -0.3 is 5.11 Å². The second-order valence-corrected chi connectivity index (χ2v) is 2.86. The lowest BCUT2D eigenvalue weighted by atomic mass is 10.0. The number of hydrogen-bond donors (Lipinski definition) is 1. The highest BCUT2D eigenvalue weighted by atomic mass is 19.3. The fourth-order valence-electron chi connectivity index (χ4n) is 1.51. The number of aliphatic hydroxyl groups excluding tert-OH is 1. The summed E-state index contributed by atoms with van der Waals surface area (Å²) in [5, 5.41) is 8.43. The number of hydrogen-bond acceptors (Lipinski definition) is 1. The van der Waals surface area contributed by atoms with Crippen LogP contribution in [-0.4, -0.2) is 17.6 Å². The minimum atomic E-state index is -2.50. The largest absolute Gasteiger partial charge is 0.396 e. The first-order chi connectivity index (χ1) is 4.67. The summed E-state index contributed by atoms with van der Waals surface area (Å²) in [6.07, 6.45) is 1.45. The van der Waals surface area contributed by atoms with Crippen LogP contribution in [0.3, 0.4) is 0 Å². The van der Waals surface area contributed by atoms with Crippen LogP contribution in [0.5, 0.6) is 0 Å². The molecule has 0 aliphatic heterocycles. The zero-order valence-corrected chi connectivity index (χ0v) is 5.82. The summed E-state index contributed by atoms with van der Waals surface area (Å²) in [6, 6.07) is 0. The van der Waals surface area contributed by atoms with Crippen molar-refractivity contribution in [2.45, 2.75) is 31.6 Å². The van der Waals surface area contributed by atoms with Crippen molar-refractivity contribution in [2.24, 2.45) is 5.92 Å². The first-order valence-electron chi connectivity index (χ1n) is 3.65. The Bertz CT molecular complexity index is 114. The molecule has 1 fully saturated rings. The van der Waals surface area contributed by atoms with Gasteiger partial charge in [0.05, 0.1) is 0 Å². The third-order valence-corrected chi connectivity index (χ3v) is 2.14. The zero-order valence-electron chi connectivity index (χ0n) is 5.82. The second kappa shape index (κ2) is 2.82. The van der Waals surface area contributed by atoms with E-state index < -0.39 is 11.8 Å². The molecule has 1 rings (SSSR count). The highest BCUT2D eigenvalue weighted by Gasteiger charge is 2.42. The van der Waals surface area contributed by atoms with E-state index in [-0.39, 0.29) is 19.4 Å². The fourth-order valence-corrected chi connectivity index (χ4v) is 1.51. The quantitative estimate of drug-likeness (QED) is 0.636. The number of rotatable bonds is 2. The molecule has 1 nitrogen and oxygen atoms in total. The van der Waals surface area contributed by atoms with Gasteiger partial charge in [-0.2, -0.15) is 0 Å². The van der Waals surface area contributed by atoms with E-state index in [0.717, 1.165) is 0 Å². The molecule has 60 valence electrons. The molecule has 1 saturated carbocycles. The Kier molecular flexibility index (Phi) is 2.24. The predicted octanol–water partition coefficient (Wildman–Crippen LogP) is 1.80. The van der Waals surface area contributed by atoms with Crippen molar-refractivity contribution in [3.63, 3.8) is 0 Å². The summed E-state index contributed by atoms with van der Waals surface area (Å²) < 4.78 is 25.4. The third kappa shape index (κ3) is 1.45. The van der Waals surface area contributed by atoms with Gasteiger partial charge in [-0.25, -0.2) is 8.78 Å². The molecule has 1 aliphatic carbocycles. The minimum absolute atomic E-state index is 0.0116.